The van der Waals surface area contributed by atoms with Gasteiger partial charge in [0.25, 0.3) is 0 Å². The van der Waals surface area contributed by atoms with Gasteiger partial charge in [0.05, 0.1) is 0 Å². The van der Waals surface area contributed by atoms with Crippen LogP contribution in [0.25, 0.3) is 0 Å². The van der Waals surface area contributed by atoms with Crippen molar-refractivity contribution in [3.05, 3.63) is 60.2 Å². The van der Waals surface area contributed by atoms with E-state index in [1.165, 1.54) is 16.9 Å². The first-order chi connectivity index (χ1) is 8.75. The normalized spacial score (nSPS) is 10.1. The Morgan fingerprint density at radius 2 is 1.78 bits per heavy atom. The summed E-state index contributed by atoms with van der Waals surface area (Å²) in [5.74, 6) is 0. The van der Waals surface area contributed by atoms with Gasteiger partial charge in [-0.25, -0.2) is 0 Å². The number of rotatable bonds is 5. The molecule has 0 spiro atoms. The molecule has 0 atom stereocenters. The van der Waals surface area contributed by atoms with E-state index in [4.69, 9.17) is 0 Å². The zero-order valence-electron chi connectivity index (χ0n) is 11.1. The highest BCUT2D eigenvalue weighted by Gasteiger charge is 1.99. The lowest BCUT2D eigenvalue weighted by molar-refractivity contribution is 0.914. The van der Waals surface area contributed by atoms with E-state index in [1.54, 1.807) is 0 Å². The number of para-hydroxylation sites is 1. The van der Waals surface area contributed by atoms with Crippen LogP contribution in [0.1, 0.15) is 5.56 Å². The molecule has 1 N–H and O–H groups in total. The van der Waals surface area contributed by atoms with Crippen molar-refractivity contribution in [2.24, 2.45) is 0 Å². The summed E-state index contributed by atoms with van der Waals surface area (Å²) in [4.78, 5) is 2.25. The molecule has 94 valence electrons. The molecule has 0 aromatic heterocycles. The summed E-state index contributed by atoms with van der Waals surface area (Å²) in [6, 6.07) is 18.9. The molecular weight excluding hydrogens is 220 g/mol. The van der Waals surface area contributed by atoms with Crippen LogP contribution in [0.2, 0.25) is 0 Å². The molecule has 0 aliphatic heterocycles. The fourth-order valence-corrected chi connectivity index (χ4v) is 1.93. The summed E-state index contributed by atoms with van der Waals surface area (Å²) in [7, 11) is 2.12. The molecule has 18 heavy (non-hydrogen) atoms. The van der Waals surface area contributed by atoms with Crippen molar-refractivity contribution in [3.8, 4) is 0 Å². The van der Waals surface area contributed by atoms with Gasteiger partial charge in [-0.3, -0.25) is 0 Å². The van der Waals surface area contributed by atoms with Crippen molar-refractivity contribution in [2.75, 3.05) is 30.4 Å². The molecule has 0 amide bonds. The molecule has 0 saturated heterocycles. The fourth-order valence-electron chi connectivity index (χ4n) is 1.93. The van der Waals surface area contributed by atoms with E-state index in [-0.39, 0.29) is 0 Å². The minimum absolute atomic E-state index is 0.939. The van der Waals surface area contributed by atoms with Crippen LogP contribution in [-0.2, 0) is 0 Å². The number of hydrogen-bond acceptors (Lipinski definition) is 2. The van der Waals surface area contributed by atoms with Gasteiger partial charge >= 0.3 is 0 Å². The van der Waals surface area contributed by atoms with Crippen molar-refractivity contribution in [1.29, 1.82) is 0 Å². The predicted octanol–water partition coefficient (Wildman–Crippen LogP) is 3.54. The Balaban J connectivity index is 1.82. The van der Waals surface area contributed by atoms with Gasteiger partial charge in [-0.1, -0.05) is 30.3 Å². The second kappa shape index (κ2) is 6.10. The maximum Gasteiger partial charge on any atom is 0.0364 e. The van der Waals surface area contributed by atoms with Gasteiger partial charge in [0.1, 0.15) is 0 Å². The van der Waals surface area contributed by atoms with Gasteiger partial charge in [0.2, 0.25) is 0 Å². The Bertz CT molecular complexity index is 479. The molecule has 2 aromatic carbocycles. The number of benzene rings is 2. The maximum absolute atomic E-state index is 3.44. The van der Waals surface area contributed by atoms with Crippen molar-refractivity contribution >= 4 is 11.4 Å². The van der Waals surface area contributed by atoms with Gasteiger partial charge in [0.15, 0.2) is 0 Å². The Morgan fingerprint density at radius 3 is 2.50 bits per heavy atom. The van der Waals surface area contributed by atoms with Crippen LogP contribution in [0.4, 0.5) is 11.4 Å². The molecule has 0 unspecified atom stereocenters. The molecule has 0 radical (unpaired) electrons. The number of anilines is 2. The highest BCUT2D eigenvalue weighted by Crippen LogP contribution is 2.11. The molecule has 2 aromatic rings. The molecular formula is C16H20N2. The van der Waals surface area contributed by atoms with Crippen molar-refractivity contribution in [2.45, 2.75) is 6.92 Å². The van der Waals surface area contributed by atoms with Gasteiger partial charge in [-0.2, -0.15) is 0 Å². The van der Waals surface area contributed by atoms with Crippen LogP contribution in [0, 0.1) is 6.92 Å². The molecule has 2 rings (SSSR count). The Morgan fingerprint density at radius 1 is 1.00 bits per heavy atom. The molecule has 0 fully saturated rings. The maximum atomic E-state index is 3.44. The van der Waals surface area contributed by atoms with Crippen molar-refractivity contribution < 1.29 is 0 Å². The Kier molecular flexibility index (Phi) is 4.24. The first kappa shape index (κ1) is 12.5. The van der Waals surface area contributed by atoms with E-state index in [2.05, 4.69) is 72.7 Å². The molecule has 0 bridgehead atoms. The third-order valence-electron chi connectivity index (χ3n) is 2.99. The van der Waals surface area contributed by atoms with E-state index in [0.29, 0.717) is 0 Å². The fraction of sp³-hybridized carbons (Fsp3) is 0.250. The second-order valence-corrected chi connectivity index (χ2v) is 4.55. The lowest BCUT2D eigenvalue weighted by atomic mass is 10.2. The molecule has 0 saturated carbocycles. The largest absolute Gasteiger partial charge is 0.383 e. The lowest BCUT2D eigenvalue weighted by Crippen LogP contribution is -2.24. The predicted molar refractivity (Wildman–Crippen MR) is 79.4 cm³/mol. The lowest BCUT2D eigenvalue weighted by Gasteiger charge is -2.19. The number of aryl methyl sites for hydroxylation is 1. The van der Waals surface area contributed by atoms with Crippen LogP contribution in [-0.4, -0.2) is 20.1 Å². The third kappa shape index (κ3) is 3.52. The molecule has 0 aliphatic carbocycles. The van der Waals surface area contributed by atoms with E-state index in [9.17, 15) is 0 Å². The van der Waals surface area contributed by atoms with Crippen LogP contribution in [0.5, 0.6) is 0 Å². The third-order valence-corrected chi connectivity index (χ3v) is 2.99. The number of nitrogens with one attached hydrogen (secondary N) is 1. The van der Waals surface area contributed by atoms with Gasteiger partial charge in [0, 0.05) is 31.5 Å². The van der Waals surface area contributed by atoms with E-state index >= 15 is 0 Å². The molecule has 2 nitrogen and oxygen atoms in total. The van der Waals surface area contributed by atoms with Crippen LogP contribution >= 0.6 is 0 Å². The Labute approximate surface area is 109 Å². The summed E-state index contributed by atoms with van der Waals surface area (Å²) in [5.41, 5.74) is 3.73. The molecule has 2 heteroatoms. The molecule has 0 heterocycles. The van der Waals surface area contributed by atoms with Gasteiger partial charge < -0.3 is 10.2 Å². The SMILES string of the molecule is Cc1cccc(NCCN(C)c2ccccc2)c1. The molecule has 0 aliphatic rings. The number of hydrogen-bond donors (Lipinski definition) is 1. The van der Waals surface area contributed by atoms with Crippen LogP contribution in [0.3, 0.4) is 0 Å². The standard InChI is InChI=1S/C16H20N2/c1-14-7-6-8-15(13-14)17-11-12-18(2)16-9-4-3-5-10-16/h3-10,13,17H,11-12H2,1-2H3. The summed E-state index contributed by atoms with van der Waals surface area (Å²) in [6.45, 7) is 4.04. The monoisotopic (exact) mass is 240 g/mol. The quantitative estimate of drug-likeness (QED) is 0.860. The smallest absolute Gasteiger partial charge is 0.0364 e. The van der Waals surface area contributed by atoms with E-state index in [0.717, 1.165) is 13.1 Å². The highest BCUT2D eigenvalue weighted by molar-refractivity contribution is 5.47. The zero-order valence-corrected chi connectivity index (χ0v) is 11.1. The highest BCUT2D eigenvalue weighted by atomic mass is 15.1. The van der Waals surface area contributed by atoms with Crippen LogP contribution < -0.4 is 10.2 Å². The second-order valence-electron chi connectivity index (χ2n) is 4.55. The average molecular weight is 240 g/mol. The summed E-state index contributed by atoms with van der Waals surface area (Å²) in [6.07, 6.45) is 0. The Hall–Kier alpha value is -1.96. The summed E-state index contributed by atoms with van der Waals surface area (Å²) >= 11 is 0. The average Bonchev–Trinajstić information content (AvgIpc) is 2.40. The van der Waals surface area contributed by atoms with Crippen LogP contribution in [0.15, 0.2) is 54.6 Å². The zero-order chi connectivity index (χ0) is 12.8. The minimum atomic E-state index is 0.939. The number of likely N-dealkylation sites (N-methyl/N-ethyl adjacent to an activating group) is 1. The van der Waals surface area contributed by atoms with E-state index < -0.39 is 0 Å². The van der Waals surface area contributed by atoms with Crippen molar-refractivity contribution in [1.82, 2.24) is 0 Å². The van der Waals surface area contributed by atoms with E-state index in [1.807, 2.05) is 6.07 Å². The van der Waals surface area contributed by atoms with Crippen molar-refractivity contribution in [3.63, 3.8) is 0 Å². The minimum Gasteiger partial charge on any atom is -0.383 e. The van der Waals surface area contributed by atoms with Gasteiger partial charge in [-0.05, 0) is 36.8 Å². The van der Waals surface area contributed by atoms with Gasteiger partial charge in [-0.15, -0.1) is 0 Å². The summed E-state index contributed by atoms with van der Waals surface area (Å²) in [5, 5.41) is 3.44. The number of nitrogens with zero attached hydrogens (tertiary/aromatic N) is 1. The first-order valence-corrected chi connectivity index (χ1v) is 6.32. The summed E-state index contributed by atoms with van der Waals surface area (Å²) < 4.78 is 0. The first-order valence-electron chi connectivity index (χ1n) is 6.32. The topological polar surface area (TPSA) is 15.3 Å².